The number of rotatable bonds is 2. The number of carbonyl (C=O) groups excluding carboxylic acids is 1. The smallest absolute Gasteiger partial charge is 0.405 e. The van der Waals surface area contributed by atoms with E-state index in [1.54, 1.807) is 0 Å². The van der Waals surface area contributed by atoms with Crippen LogP contribution in [0.25, 0.3) is 0 Å². The molecule has 0 radical (unpaired) electrons. The summed E-state index contributed by atoms with van der Waals surface area (Å²) in [6, 6.07) is 3.28. The van der Waals surface area contributed by atoms with Gasteiger partial charge in [0.2, 0.25) is 0 Å². The van der Waals surface area contributed by atoms with Crippen LogP contribution < -0.4 is 4.74 Å². The molecule has 0 aliphatic heterocycles. The molecular formula is C8H4ClF3O2. The molecule has 0 unspecified atom stereocenters. The molecule has 2 nitrogen and oxygen atoms in total. The number of carbonyl (C=O) groups is 1. The average Bonchev–Trinajstić information content (AvgIpc) is 2.06. The molecular weight excluding hydrogens is 221 g/mol. The molecule has 76 valence electrons. The van der Waals surface area contributed by atoms with Crippen molar-refractivity contribution in [2.24, 2.45) is 0 Å². The summed E-state index contributed by atoms with van der Waals surface area (Å²) in [5, 5.41) is 0.168. The lowest BCUT2D eigenvalue weighted by molar-refractivity contribution is -0.274. The number of benzene rings is 1. The van der Waals surface area contributed by atoms with Crippen LogP contribution >= 0.6 is 11.6 Å². The lowest BCUT2D eigenvalue weighted by atomic mass is 10.2. The summed E-state index contributed by atoms with van der Waals surface area (Å²) in [7, 11) is 0. The molecule has 14 heavy (non-hydrogen) atoms. The van der Waals surface area contributed by atoms with E-state index in [-0.39, 0.29) is 16.9 Å². The van der Waals surface area contributed by atoms with E-state index < -0.39 is 12.1 Å². The lowest BCUT2D eigenvalue weighted by Crippen LogP contribution is -2.18. The van der Waals surface area contributed by atoms with Crippen molar-refractivity contribution < 1.29 is 22.7 Å². The molecule has 0 spiro atoms. The van der Waals surface area contributed by atoms with Gasteiger partial charge in [-0.25, -0.2) is 0 Å². The van der Waals surface area contributed by atoms with E-state index >= 15 is 0 Å². The molecule has 0 heterocycles. The topological polar surface area (TPSA) is 26.3 Å². The van der Waals surface area contributed by atoms with Crippen LogP contribution in [0.2, 0.25) is 5.02 Å². The minimum Gasteiger partial charge on any atom is -0.405 e. The maximum atomic E-state index is 11.8. The van der Waals surface area contributed by atoms with Gasteiger partial charge in [0.05, 0.1) is 5.56 Å². The third-order valence-corrected chi connectivity index (χ3v) is 1.56. The van der Waals surface area contributed by atoms with Crippen molar-refractivity contribution in [3.63, 3.8) is 0 Å². The SMILES string of the molecule is O=Cc1cc(Cl)ccc1OC(F)(F)F. The van der Waals surface area contributed by atoms with Crippen LogP contribution in [0.1, 0.15) is 10.4 Å². The van der Waals surface area contributed by atoms with Crippen molar-refractivity contribution in [3.8, 4) is 5.75 Å². The zero-order chi connectivity index (χ0) is 10.8. The third kappa shape index (κ3) is 2.92. The molecule has 1 aromatic carbocycles. The van der Waals surface area contributed by atoms with Crippen LogP contribution in [0.3, 0.4) is 0 Å². The predicted octanol–water partition coefficient (Wildman–Crippen LogP) is 3.05. The second-order valence-corrected chi connectivity index (χ2v) is 2.78. The van der Waals surface area contributed by atoms with E-state index in [1.165, 1.54) is 6.07 Å². The molecule has 1 aromatic rings. The molecule has 0 saturated carbocycles. The Bertz CT molecular complexity index is 349. The van der Waals surface area contributed by atoms with Gasteiger partial charge < -0.3 is 4.74 Å². The van der Waals surface area contributed by atoms with Crippen LogP contribution in [0.15, 0.2) is 18.2 Å². The van der Waals surface area contributed by atoms with E-state index in [9.17, 15) is 18.0 Å². The summed E-state index contributed by atoms with van der Waals surface area (Å²) in [6.45, 7) is 0. The highest BCUT2D eigenvalue weighted by molar-refractivity contribution is 6.30. The first kappa shape index (κ1) is 10.8. The van der Waals surface area contributed by atoms with Crippen molar-refractivity contribution in [2.45, 2.75) is 6.36 Å². The minimum absolute atomic E-state index is 0.168. The molecule has 0 aromatic heterocycles. The zero-order valence-electron chi connectivity index (χ0n) is 6.64. The number of ether oxygens (including phenoxy) is 1. The number of hydrogen-bond donors (Lipinski definition) is 0. The first-order chi connectivity index (χ1) is 6.42. The molecule has 0 bridgehead atoms. The largest absolute Gasteiger partial charge is 0.573 e. The molecule has 0 N–H and O–H groups in total. The van der Waals surface area contributed by atoms with Crippen molar-refractivity contribution in [2.75, 3.05) is 0 Å². The Balaban J connectivity index is 3.03. The van der Waals surface area contributed by atoms with Gasteiger partial charge in [0, 0.05) is 5.02 Å². The Labute approximate surface area is 82.2 Å². The molecule has 0 atom stereocenters. The van der Waals surface area contributed by atoms with Gasteiger partial charge in [0.25, 0.3) is 0 Å². The van der Waals surface area contributed by atoms with Crippen molar-refractivity contribution in [1.29, 1.82) is 0 Å². The molecule has 0 fully saturated rings. The Hall–Kier alpha value is -1.23. The van der Waals surface area contributed by atoms with Gasteiger partial charge in [-0.1, -0.05) is 11.6 Å². The highest BCUT2D eigenvalue weighted by Crippen LogP contribution is 2.27. The van der Waals surface area contributed by atoms with E-state index in [0.717, 1.165) is 12.1 Å². The summed E-state index contributed by atoms with van der Waals surface area (Å²) < 4.78 is 39.0. The molecule has 0 aliphatic carbocycles. The van der Waals surface area contributed by atoms with Crippen molar-refractivity contribution in [1.82, 2.24) is 0 Å². The van der Waals surface area contributed by atoms with E-state index in [1.807, 2.05) is 0 Å². The fourth-order valence-corrected chi connectivity index (χ4v) is 1.01. The van der Waals surface area contributed by atoms with E-state index in [4.69, 9.17) is 11.6 Å². The zero-order valence-corrected chi connectivity index (χ0v) is 7.39. The Morgan fingerprint density at radius 3 is 2.50 bits per heavy atom. The van der Waals surface area contributed by atoms with E-state index in [0.29, 0.717) is 0 Å². The van der Waals surface area contributed by atoms with Crippen molar-refractivity contribution in [3.05, 3.63) is 28.8 Å². The minimum atomic E-state index is -4.81. The normalized spacial score (nSPS) is 11.1. The van der Waals surface area contributed by atoms with Gasteiger partial charge in [-0.05, 0) is 18.2 Å². The molecule has 6 heteroatoms. The van der Waals surface area contributed by atoms with Gasteiger partial charge >= 0.3 is 6.36 Å². The predicted molar refractivity (Wildman–Crippen MR) is 43.5 cm³/mol. The van der Waals surface area contributed by atoms with Gasteiger partial charge in [-0.3, -0.25) is 4.79 Å². The van der Waals surface area contributed by atoms with Crippen LogP contribution in [-0.4, -0.2) is 12.6 Å². The summed E-state index contributed by atoms with van der Waals surface area (Å²) in [6.07, 6.45) is -4.57. The van der Waals surface area contributed by atoms with Gasteiger partial charge in [0.1, 0.15) is 5.75 Å². The van der Waals surface area contributed by atoms with Crippen LogP contribution in [0, 0.1) is 0 Å². The number of halogens is 4. The van der Waals surface area contributed by atoms with Gasteiger partial charge in [0.15, 0.2) is 6.29 Å². The highest BCUT2D eigenvalue weighted by Gasteiger charge is 2.32. The molecule has 0 aliphatic rings. The summed E-state index contributed by atoms with van der Waals surface area (Å²) in [4.78, 5) is 10.4. The second-order valence-electron chi connectivity index (χ2n) is 2.35. The quantitative estimate of drug-likeness (QED) is 0.722. The lowest BCUT2D eigenvalue weighted by Gasteiger charge is -2.10. The first-order valence-electron chi connectivity index (χ1n) is 3.43. The second kappa shape index (κ2) is 3.88. The number of aldehydes is 1. The highest BCUT2D eigenvalue weighted by atomic mass is 35.5. The number of hydrogen-bond acceptors (Lipinski definition) is 2. The molecule has 0 saturated heterocycles. The fourth-order valence-electron chi connectivity index (χ4n) is 0.829. The maximum Gasteiger partial charge on any atom is 0.573 e. The number of alkyl halides is 3. The monoisotopic (exact) mass is 224 g/mol. The summed E-state index contributed by atoms with van der Waals surface area (Å²) in [5.41, 5.74) is -0.241. The Kier molecular flexibility index (Phi) is 3.00. The third-order valence-electron chi connectivity index (χ3n) is 1.32. The van der Waals surface area contributed by atoms with E-state index in [2.05, 4.69) is 4.74 Å². The van der Waals surface area contributed by atoms with Crippen LogP contribution in [0.5, 0.6) is 5.75 Å². The summed E-state index contributed by atoms with van der Waals surface area (Å²) in [5.74, 6) is -0.558. The average molecular weight is 225 g/mol. The Morgan fingerprint density at radius 1 is 1.36 bits per heavy atom. The summed E-state index contributed by atoms with van der Waals surface area (Å²) >= 11 is 5.47. The molecule has 0 amide bonds. The Morgan fingerprint density at radius 2 is 2.00 bits per heavy atom. The molecule has 1 rings (SSSR count). The van der Waals surface area contributed by atoms with Crippen LogP contribution in [0.4, 0.5) is 13.2 Å². The standard InChI is InChI=1S/C8H4ClF3O2/c9-6-1-2-7(5(3-6)4-13)14-8(10,11)12/h1-4H. The fraction of sp³-hybridized carbons (Fsp3) is 0.125. The van der Waals surface area contributed by atoms with Gasteiger partial charge in [-0.15, -0.1) is 13.2 Å². The van der Waals surface area contributed by atoms with Crippen molar-refractivity contribution >= 4 is 17.9 Å². The first-order valence-corrected chi connectivity index (χ1v) is 3.80. The van der Waals surface area contributed by atoms with Crippen LogP contribution in [-0.2, 0) is 0 Å². The maximum absolute atomic E-state index is 11.8. The van der Waals surface area contributed by atoms with Gasteiger partial charge in [-0.2, -0.15) is 0 Å².